The quantitative estimate of drug-likeness (QED) is 0.808. The summed E-state index contributed by atoms with van der Waals surface area (Å²) in [5, 5.41) is 7.53. The second-order valence-corrected chi connectivity index (χ2v) is 6.10. The molecule has 1 atom stereocenters. The number of benzene rings is 1. The second-order valence-electron chi connectivity index (χ2n) is 3.97. The molecule has 0 saturated heterocycles. The summed E-state index contributed by atoms with van der Waals surface area (Å²) in [5.74, 6) is 4.34. The van der Waals surface area contributed by atoms with Crippen molar-refractivity contribution in [3.8, 4) is 17.6 Å². The summed E-state index contributed by atoms with van der Waals surface area (Å²) in [7, 11) is -3.92. The van der Waals surface area contributed by atoms with E-state index in [4.69, 9.17) is 9.84 Å². The van der Waals surface area contributed by atoms with Crippen LogP contribution >= 0.6 is 0 Å². The Balaban J connectivity index is 3.08. The first kappa shape index (κ1) is 16.1. The molecule has 0 spiro atoms. The fourth-order valence-electron chi connectivity index (χ4n) is 1.62. The van der Waals surface area contributed by atoms with E-state index in [0.29, 0.717) is 5.75 Å². The predicted molar refractivity (Wildman–Crippen MR) is 74.3 cm³/mol. The van der Waals surface area contributed by atoms with Crippen molar-refractivity contribution in [1.29, 1.82) is 0 Å². The Hall–Kier alpha value is -2.00. The minimum Gasteiger partial charge on any atom is -0.481 e. The Labute approximate surface area is 118 Å². The third-order valence-corrected chi connectivity index (χ3v) is 4.84. The average Bonchev–Trinajstić information content (AvgIpc) is 2.39. The van der Waals surface area contributed by atoms with E-state index in [1.165, 1.54) is 25.1 Å². The van der Waals surface area contributed by atoms with Crippen LogP contribution in [0.3, 0.4) is 0 Å². The molecule has 0 fully saturated rings. The molecule has 1 aromatic carbocycles. The zero-order valence-electron chi connectivity index (χ0n) is 11.3. The molecular weight excluding hydrogens is 280 g/mol. The SMILES string of the molecule is CC#CCOc1cccc(S(=O)(=O)C(CC)C(=O)O)c1. The molecule has 108 valence electrons. The summed E-state index contributed by atoms with van der Waals surface area (Å²) >= 11 is 0. The number of ether oxygens (including phenoxy) is 1. The Morgan fingerprint density at radius 1 is 1.45 bits per heavy atom. The molecule has 0 heterocycles. The molecule has 1 N–H and O–H groups in total. The van der Waals surface area contributed by atoms with Crippen molar-refractivity contribution in [3.05, 3.63) is 24.3 Å². The highest BCUT2D eigenvalue weighted by atomic mass is 32.2. The number of carbonyl (C=O) groups is 1. The van der Waals surface area contributed by atoms with Gasteiger partial charge in [0.05, 0.1) is 4.90 Å². The van der Waals surface area contributed by atoms with Crippen LogP contribution in [0, 0.1) is 11.8 Å². The van der Waals surface area contributed by atoms with Crippen molar-refractivity contribution >= 4 is 15.8 Å². The molecule has 1 rings (SSSR count). The first-order valence-electron chi connectivity index (χ1n) is 6.02. The number of carboxylic acid groups (broad SMARTS) is 1. The number of rotatable bonds is 6. The van der Waals surface area contributed by atoms with Gasteiger partial charge in [-0.25, -0.2) is 8.42 Å². The van der Waals surface area contributed by atoms with E-state index in [1.54, 1.807) is 13.0 Å². The number of hydrogen-bond donors (Lipinski definition) is 1. The minimum atomic E-state index is -3.92. The van der Waals surface area contributed by atoms with Gasteiger partial charge in [0.1, 0.15) is 12.4 Å². The Kier molecular flexibility index (Phi) is 5.59. The van der Waals surface area contributed by atoms with Crippen molar-refractivity contribution < 1.29 is 23.1 Å². The highest BCUT2D eigenvalue weighted by molar-refractivity contribution is 7.92. The lowest BCUT2D eigenvalue weighted by atomic mass is 10.3. The molecule has 1 unspecified atom stereocenters. The van der Waals surface area contributed by atoms with Crippen LogP contribution in [0.5, 0.6) is 5.75 Å². The van der Waals surface area contributed by atoms with Gasteiger partial charge in [0.15, 0.2) is 15.1 Å². The molecule has 0 aliphatic carbocycles. The van der Waals surface area contributed by atoms with Gasteiger partial charge in [0.25, 0.3) is 0 Å². The lowest BCUT2D eigenvalue weighted by molar-refractivity contribution is -0.136. The van der Waals surface area contributed by atoms with E-state index < -0.39 is 21.1 Å². The maximum Gasteiger partial charge on any atom is 0.322 e. The smallest absolute Gasteiger partial charge is 0.322 e. The topological polar surface area (TPSA) is 80.7 Å². The molecule has 0 aromatic heterocycles. The summed E-state index contributed by atoms with van der Waals surface area (Å²) in [4.78, 5) is 11.0. The molecule has 20 heavy (non-hydrogen) atoms. The van der Waals surface area contributed by atoms with Crippen molar-refractivity contribution in [2.45, 2.75) is 30.4 Å². The normalized spacial score (nSPS) is 12.1. The van der Waals surface area contributed by atoms with Crippen LogP contribution in [0.15, 0.2) is 29.2 Å². The molecule has 0 aliphatic rings. The zero-order valence-corrected chi connectivity index (χ0v) is 12.1. The molecule has 0 amide bonds. The van der Waals surface area contributed by atoms with E-state index in [9.17, 15) is 13.2 Å². The molecule has 1 aromatic rings. The highest BCUT2D eigenvalue weighted by Crippen LogP contribution is 2.23. The number of hydrogen-bond acceptors (Lipinski definition) is 4. The lowest BCUT2D eigenvalue weighted by Gasteiger charge is -2.12. The van der Waals surface area contributed by atoms with Gasteiger partial charge in [0, 0.05) is 0 Å². The van der Waals surface area contributed by atoms with Gasteiger partial charge < -0.3 is 9.84 Å². The predicted octanol–water partition coefficient (Wildman–Crippen LogP) is 1.73. The maximum atomic E-state index is 12.2. The lowest BCUT2D eigenvalue weighted by Crippen LogP contribution is -2.29. The summed E-state index contributed by atoms with van der Waals surface area (Å²) in [6.45, 7) is 3.34. The third-order valence-electron chi connectivity index (χ3n) is 2.64. The van der Waals surface area contributed by atoms with Gasteiger partial charge in [-0.3, -0.25) is 4.79 Å². The largest absolute Gasteiger partial charge is 0.481 e. The van der Waals surface area contributed by atoms with Crippen molar-refractivity contribution in [1.82, 2.24) is 0 Å². The van der Waals surface area contributed by atoms with E-state index in [2.05, 4.69) is 11.8 Å². The van der Waals surface area contributed by atoms with Crippen molar-refractivity contribution in [2.75, 3.05) is 6.61 Å². The van der Waals surface area contributed by atoms with Crippen LogP contribution in [0.25, 0.3) is 0 Å². The fourth-order valence-corrected chi connectivity index (χ4v) is 3.21. The summed E-state index contributed by atoms with van der Waals surface area (Å²) in [5.41, 5.74) is 0. The Morgan fingerprint density at radius 3 is 2.70 bits per heavy atom. The van der Waals surface area contributed by atoms with Crippen LogP contribution in [-0.4, -0.2) is 31.4 Å². The van der Waals surface area contributed by atoms with Crippen LogP contribution in [0.4, 0.5) is 0 Å². The van der Waals surface area contributed by atoms with E-state index in [0.717, 1.165) is 0 Å². The van der Waals surface area contributed by atoms with Gasteiger partial charge in [0.2, 0.25) is 0 Å². The van der Waals surface area contributed by atoms with Crippen LogP contribution in [0.1, 0.15) is 20.3 Å². The van der Waals surface area contributed by atoms with Gasteiger partial charge in [-0.2, -0.15) is 0 Å². The first-order valence-corrected chi connectivity index (χ1v) is 7.57. The molecule has 5 nitrogen and oxygen atoms in total. The molecule has 0 radical (unpaired) electrons. The average molecular weight is 296 g/mol. The molecule has 0 saturated carbocycles. The first-order chi connectivity index (χ1) is 9.43. The van der Waals surface area contributed by atoms with Crippen molar-refractivity contribution in [3.63, 3.8) is 0 Å². The van der Waals surface area contributed by atoms with Crippen LogP contribution in [0.2, 0.25) is 0 Å². The fraction of sp³-hybridized carbons (Fsp3) is 0.357. The summed E-state index contributed by atoms with van der Waals surface area (Å²) < 4.78 is 29.7. The van der Waals surface area contributed by atoms with Crippen LogP contribution < -0.4 is 4.74 Å². The number of aliphatic carboxylic acids is 1. The maximum absolute atomic E-state index is 12.2. The minimum absolute atomic E-state index is 0.00403. The zero-order chi connectivity index (χ0) is 15.2. The van der Waals surface area contributed by atoms with E-state index in [-0.39, 0.29) is 17.9 Å². The molecule has 0 bridgehead atoms. The number of carboxylic acids is 1. The molecular formula is C14H16O5S. The number of sulfone groups is 1. The van der Waals surface area contributed by atoms with Gasteiger partial charge in [-0.05, 0) is 31.5 Å². The highest BCUT2D eigenvalue weighted by Gasteiger charge is 2.32. The second kappa shape index (κ2) is 6.96. The van der Waals surface area contributed by atoms with Gasteiger partial charge >= 0.3 is 5.97 Å². The van der Waals surface area contributed by atoms with E-state index in [1.807, 2.05) is 0 Å². The van der Waals surface area contributed by atoms with E-state index >= 15 is 0 Å². The Morgan fingerprint density at radius 2 is 2.15 bits per heavy atom. The Bertz CT molecular complexity index is 637. The summed E-state index contributed by atoms with van der Waals surface area (Å²) in [6.07, 6.45) is 0.00403. The molecule has 0 aliphatic heterocycles. The van der Waals surface area contributed by atoms with Gasteiger partial charge in [-0.15, -0.1) is 5.92 Å². The van der Waals surface area contributed by atoms with Crippen LogP contribution in [-0.2, 0) is 14.6 Å². The standard InChI is InChI=1S/C14H16O5S/c1-3-5-9-19-11-7-6-8-12(10-11)20(17,18)13(4-2)14(15)16/h6-8,10,13H,4,9H2,1-2H3,(H,15,16). The third kappa shape index (κ3) is 3.75. The molecule has 6 heteroatoms. The monoisotopic (exact) mass is 296 g/mol. The van der Waals surface area contributed by atoms with Crippen molar-refractivity contribution in [2.24, 2.45) is 0 Å². The summed E-state index contributed by atoms with van der Waals surface area (Å²) in [6, 6.07) is 5.78. The van der Waals surface area contributed by atoms with Gasteiger partial charge in [-0.1, -0.05) is 18.9 Å².